The number of nitrogens with zero attached hydrogens (tertiary/aromatic N) is 1. The molecule has 1 aromatic rings. The predicted octanol–water partition coefficient (Wildman–Crippen LogP) is 2.64. The second-order valence-corrected chi connectivity index (χ2v) is 4.39. The summed E-state index contributed by atoms with van der Waals surface area (Å²) in [5, 5.41) is 0. The Morgan fingerprint density at radius 3 is 2.56 bits per heavy atom. The Kier molecular flexibility index (Phi) is 2.56. The van der Waals surface area contributed by atoms with E-state index in [9.17, 15) is 4.79 Å². The molecular weight excluding hydrogens is 202 g/mol. The molecule has 0 aromatic heterocycles. The minimum atomic E-state index is -0.356. The first-order chi connectivity index (χ1) is 7.63. The fourth-order valence-corrected chi connectivity index (χ4v) is 2.31. The van der Waals surface area contributed by atoms with E-state index in [1.54, 1.807) is 13.2 Å². The van der Waals surface area contributed by atoms with Gasteiger partial charge >= 0.3 is 0 Å². The second-order valence-electron chi connectivity index (χ2n) is 4.39. The van der Waals surface area contributed by atoms with Crippen molar-refractivity contribution in [2.45, 2.75) is 32.2 Å². The van der Waals surface area contributed by atoms with E-state index in [2.05, 4.69) is 11.1 Å². The van der Waals surface area contributed by atoms with Crippen LogP contribution in [0.2, 0.25) is 0 Å². The molecule has 0 atom stereocenters. The average molecular weight is 217 g/mol. The highest BCUT2D eigenvalue weighted by atomic mass is 16.5. The lowest BCUT2D eigenvalue weighted by Crippen LogP contribution is -2.08. The van der Waals surface area contributed by atoms with Crippen LogP contribution in [0.4, 0.5) is 0 Å². The van der Waals surface area contributed by atoms with Gasteiger partial charge in [0.2, 0.25) is 6.08 Å². The number of aliphatic imine (C=N–C) groups is 1. The predicted molar refractivity (Wildman–Crippen MR) is 61.5 cm³/mol. The van der Waals surface area contributed by atoms with Crippen molar-refractivity contribution < 1.29 is 9.53 Å². The summed E-state index contributed by atoms with van der Waals surface area (Å²) in [5.74, 6) is 0.828. The Labute approximate surface area is 95.2 Å². The highest BCUT2D eigenvalue weighted by molar-refractivity contribution is 5.52. The molecule has 0 spiro atoms. The Morgan fingerprint density at radius 1 is 1.38 bits per heavy atom. The van der Waals surface area contributed by atoms with Crippen molar-refractivity contribution in [3.8, 4) is 5.75 Å². The van der Waals surface area contributed by atoms with Gasteiger partial charge in [-0.1, -0.05) is 6.07 Å². The minimum Gasteiger partial charge on any atom is -0.496 e. The van der Waals surface area contributed by atoms with Crippen molar-refractivity contribution in [3.63, 3.8) is 0 Å². The maximum Gasteiger partial charge on any atom is 0.235 e. The van der Waals surface area contributed by atoms with Crippen LogP contribution in [0.5, 0.6) is 5.75 Å². The molecule has 1 aliphatic rings. The molecule has 0 amide bonds. The van der Waals surface area contributed by atoms with E-state index in [1.165, 1.54) is 0 Å². The third-order valence-corrected chi connectivity index (χ3v) is 3.11. The van der Waals surface area contributed by atoms with Gasteiger partial charge in [-0.05, 0) is 43.9 Å². The number of isocyanates is 1. The van der Waals surface area contributed by atoms with Crippen LogP contribution in [0.25, 0.3) is 0 Å². The lowest BCUT2D eigenvalue weighted by Gasteiger charge is -2.17. The summed E-state index contributed by atoms with van der Waals surface area (Å²) in [6.07, 6.45) is 3.49. The van der Waals surface area contributed by atoms with E-state index in [-0.39, 0.29) is 5.54 Å². The molecular formula is C13H15NO2. The van der Waals surface area contributed by atoms with Gasteiger partial charge in [-0.2, -0.15) is 4.99 Å². The molecule has 1 aliphatic carbocycles. The fourth-order valence-electron chi connectivity index (χ4n) is 2.31. The zero-order valence-corrected chi connectivity index (χ0v) is 9.83. The summed E-state index contributed by atoms with van der Waals surface area (Å²) in [4.78, 5) is 14.4. The van der Waals surface area contributed by atoms with Crippen molar-refractivity contribution in [1.29, 1.82) is 0 Å². The van der Waals surface area contributed by atoms with E-state index in [4.69, 9.17) is 4.74 Å². The molecule has 0 unspecified atom stereocenters. The molecule has 84 valence electrons. The van der Waals surface area contributed by atoms with E-state index in [1.807, 2.05) is 19.9 Å². The fraction of sp³-hybridized carbons (Fsp3) is 0.462. The van der Waals surface area contributed by atoms with E-state index >= 15 is 0 Å². The molecule has 0 saturated heterocycles. The monoisotopic (exact) mass is 217 g/mol. The number of ether oxygens (including phenoxy) is 1. The Morgan fingerprint density at radius 2 is 2.06 bits per heavy atom. The van der Waals surface area contributed by atoms with Crippen molar-refractivity contribution in [3.05, 3.63) is 28.8 Å². The number of hydrogen-bond donors (Lipinski definition) is 0. The van der Waals surface area contributed by atoms with Crippen LogP contribution < -0.4 is 4.74 Å². The number of rotatable bonds is 3. The van der Waals surface area contributed by atoms with Crippen molar-refractivity contribution >= 4 is 6.08 Å². The summed E-state index contributed by atoms with van der Waals surface area (Å²) in [6, 6.07) is 4.08. The van der Waals surface area contributed by atoms with Gasteiger partial charge in [0.1, 0.15) is 11.3 Å². The van der Waals surface area contributed by atoms with Crippen LogP contribution in [-0.4, -0.2) is 13.2 Å². The molecule has 0 N–H and O–H groups in total. The lowest BCUT2D eigenvalue weighted by molar-refractivity contribution is 0.403. The zero-order valence-electron chi connectivity index (χ0n) is 9.83. The Balaban J connectivity index is 2.60. The SMILES string of the molecule is COc1cc(C)cc(C)c1C1(N=C=O)CC1. The molecule has 1 fully saturated rings. The number of benzene rings is 1. The maximum absolute atomic E-state index is 10.5. The van der Waals surface area contributed by atoms with Crippen LogP contribution in [0.1, 0.15) is 29.5 Å². The summed E-state index contributed by atoms with van der Waals surface area (Å²) < 4.78 is 5.39. The topological polar surface area (TPSA) is 38.7 Å². The summed E-state index contributed by atoms with van der Waals surface area (Å²) in [7, 11) is 1.65. The molecule has 0 radical (unpaired) electrons. The van der Waals surface area contributed by atoms with Crippen molar-refractivity contribution in [1.82, 2.24) is 0 Å². The zero-order chi connectivity index (χ0) is 11.8. The lowest BCUT2D eigenvalue weighted by atomic mass is 9.96. The Bertz CT molecular complexity index is 469. The standard InChI is InChI=1S/C13H15NO2/c1-9-6-10(2)12(11(7-9)16-3)13(4-5-13)14-8-15/h6-7H,4-5H2,1-3H3. The van der Waals surface area contributed by atoms with Gasteiger partial charge in [-0.25, -0.2) is 4.79 Å². The maximum atomic E-state index is 10.5. The third-order valence-electron chi connectivity index (χ3n) is 3.11. The molecule has 16 heavy (non-hydrogen) atoms. The first-order valence-corrected chi connectivity index (χ1v) is 5.38. The highest BCUT2D eigenvalue weighted by Gasteiger charge is 2.47. The first kappa shape index (κ1) is 10.9. The van der Waals surface area contributed by atoms with Gasteiger partial charge < -0.3 is 4.74 Å². The molecule has 3 nitrogen and oxygen atoms in total. The Hall–Kier alpha value is -1.60. The molecule has 1 aromatic carbocycles. The highest BCUT2D eigenvalue weighted by Crippen LogP contribution is 2.53. The first-order valence-electron chi connectivity index (χ1n) is 5.38. The van der Waals surface area contributed by atoms with Gasteiger partial charge in [0.15, 0.2) is 0 Å². The second kappa shape index (κ2) is 3.76. The van der Waals surface area contributed by atoms with Gasteiger partial charge in [-0.3, -0.25) is 0 Å². The van der Waals surface area contributed by atoms with E-state index in [0.29, 0.717) is 0 Å². The molecule has 1 saturated carbocycles. The summed E-state index contributed by atoms with van der Waals surface area (Å²) in [6.45, 7) is 4.06. The van der Waals surface area contributed by atoms with E-state index in [0.717, 1.165) is 35.3 Å². The smallest absolute Gasteiger partial charge is 0.235 e. The van der Waals surface area contributed by atoms with Crippen LogP contribution in [-0.2, 0) is 10.3 Å². The molecule has 0 bridgehead atoms. The quantitative estimate of drug-likeness (QED) is 0.576. The van der Waals surface area contributed by atoms with Crippen LogP contribution in [0, 0.1) is 13.8 Å². The molecule has 3 heteroatoms. The van der Waals surface area contributed by atoms with Gasteiger partial charge in [0, 0.05) is 5.56 Å². The molecule has 0 heterocycles. The largest absolute Gasteiger partial charge is 0.496 e. The number of aryl methyl sites for hydroxylation is 2. The van der Waals surface area contributed by atoms with Crippen LogP contribution in [0.3, 0.4) is 0 Å². The van der Waals surface area contributed by atoms with Crippen LogP contribution >= 0.6 is 0 Å². The van der Waals surface area contributed by atoms with Gasteiger partial charge in [0.25, 0.3) is 0 Å². The van der Waals surface area contributed by atoms with Crippen molar-refractivity contribution in [2.24, 2.45) is 4.99 Å². The third kappa shape index (κ3) is 1.63. The number of carbonyl (C=O) groups excluding carboxylic acids is 1. The number of methoxy groups -OCH3 is 1. The van der Waals surface area contributed by atoms with Crippen LogP contribution in [0.15, 0.2) is 17.1 Å². The van der Waals surface area contributed by atoms with E-state index < -0.39 is 0 Å². The number of hydrogen-bond acceptors (Lipinski definition) is 3. The summed E-state index contributed by atoms with van der Waals surface area (Å²) >= 11 is 0. The molecule has 0 aliphatic heterocycles. The van der Waals surface area contributed by atoms with Gasteiger partial charge in [-0.15, -0.1) is 0 Å². The van der Waals surface area contributed by atoms with Crippen molar-refractivity contribution in [2.75, 3.05) is 7.11 Å². The normalized spacial score (nSPS) is 16.4. The van der Waals surface area contributed by atoms with Gasteiger partial charge in [0.05, 0.1) is 7.11 Å². The average Bonchev–Trinajstić information content (AvgIpc) is 2.97. The minimum absolute atomic E-state index is 0.356. The summed E-state index contributed by atoms with van der Waals surface area (Å²) in [5.41, 5.74) is 2.98. The molecule has 2 rings (SSSR count).